The number of carbonyl (C=O) groups is 6. The second-order valence-electron chi connectivity index (χ2n) is 9.55. The van der Waals surface area contributed by atoms with Crippen LogP contribution in [0.3, 0.4) is 0 Å². The lowest BCUT2D eigenvalue weighted by molar-refractivity contribution is -0.126. The van der Waals surface area contributed by atoms with Gasteiger partial charge in [0.25, 0.3) is 0 Å². The zero-order chi connectivity index (χ0) is 30.0. The number of amides is 4. The van der Waals surface area contributed by atoms with Crippen molar-refractivity contribution < 1.29 is 28.8 Å². The Hall–Kier alpha value is -2.98. The van der Waals surface area contributed by atoms with Crippen molar-refractivity contribution in [2.45, 2.75) is 45.7 Å². The van der Waals surface area contributed by atoms with Gasteiger partial charge in [-0.15, -0.1) is 0 Å². The van der Waals surface area contributed by atoms with Gasteiger partial charge in [-0.25, -0.2) is 0 Å². The number of hydrogen-bond donors (Lipinski definition) is 6. The third kappa shape index (κ3) is 17.6. The first-order valence-corrected chi connectivity index (χ1v) is 13.2. The molecule has 15 heteroatoms. The molecule has 0 saturated carbocycles. The van der Waals surface area contributed by atoms with E-state index in [9.17, 15) is 28.8 Å². The fourth-order valence-electron chi connectivity index (χ4n) is 3.92. The maximum absolute atomic E-state index is 12.8. The van der Waals surface area contributed by atoms with Gasteiger partial charge in [-0.05, 0) is 20.3 Å². The number of carbonyl (C=O) groups excluding carboxylic acids is 6. The van der Waals surface area contributed by atoms with Crippen LogP contribution in [0.15, 0.2) is 0 Å². The molecular formula is C25H51N9O6. The minimum Gasteiger partial charge on any atom is -0.358 e. The maximum Gasteiger partial charge on any atom is 0.238 e. The quantitative estimate of drug-likeness (QED) is 0.0816. The molecule has 0 aliphatic rings. The lowest BCUT2D eigenvalue weighted by Gasteiger charge is -2.29. The van der Waals surface area contributed by atoms with Crippen LogP contribution in [-0.4, -0.2) is 142 Å². The van der Waals surface area contributed by atoms with E-state index in [-0.39, 0.29) is 74.1 Å². The summed E-state index contributed by atoms with van der Waals surface area (Å²) in [6, 6.07) is -1.46. The number of nitrogens with one attached hydrogen (secondary N) is 4. The van der Waals surface area contributed by atoms with Gasteiger partial charge >= 0.3 is 0 Å². The predicted octanol–water partition coefficient (Wildman–Crippen LogP) is -2.92. The molecule has 0 radical (unpaired) electrons. The molecule has 232 valence electrons. The minimum atomic E-state index is -0.907. The molecule has 0 rings (SSSR count). The molecule has 15 nitrogen and oxygen atoms in total. The highest BCUT2D eigenvalue weighted by molar-refractivity contribution is 5.85. The minimum absolute atomic E-state index is 0. The Balaban J connectivity index is 0. The summed E-state index contributed by atoms with van der Waals surface area (Å²) in [5.41, 5.74) is 6.01. The third-order valence-electron chi connectivity index (χ3n) is 5.95. The molecule has 0 fully saturated rings. The molecule has 0 spiro atoms. The van der Waals surface area contributed by atoms with Crippen LogP contribution in [0.25, 0.3) is 0 Å². The van der Waals surface area contributed by atoms with Crippen LogP contribution < -0.4 is 33.2 Å². The SMILES string of the molecule is CCCC(NC(=O)CN(CCN(CCN(CC(C)=O)CC(=O)NC)CC(=O)NC)CC(C)=O)C(N)C(=O)NC.N. The zero-order valence-corrected chi connectivity index (χ0v) is 25.0. The number of hydrogen-bond acceptors (Lipinski definition) is 11. The van der Waals surface area contributed by atoms with Crippen LogP contribution in [0.4, 0.5) is 0 Å². The summed E-state index contributed by atoms with van der Waals surface area (Å²) in [7, 11) is 4.52. The summed E-state index contributed by atoms with van der Waals surface area (Å²) < 4.78 is 0. The van der Waals surface area contributed by atoms with E-state index in [1.54, 1.807) is 9.80 Å². The lowest BCUT2D eigenvalue weighted by atomic mass is 10.0. The van der Waals surface area contributed by atoms with Gasteiger partial charge in [-0.1, -0.05) is 13.3 Å². The fraction of sp³-hybridized carbons (Fsp3) is 0.760. The van der Waals surface area contributed by atoms with Crippen LogP contribution in [0.1, 0.15) is 33.6 Å². The second kappa shape index (κ2) is 21.8. The number of nitrogens with zero attached hydrogens (tertiary/aromatic N) is 3. The van der Waals surface area contributed by atoms with Gasteiger partial charge in [0, 0.05) is 47.3 Å². The van der Waals surface area contributed by atoms with E-state index in [1.807, 2.05) is 11.8 Å². The molecule has 0 bridgehead atoms. The van der Waals surface area contributed by atoms with Crippen LogP contribution >= 0.6 is 0 Å². The highest BCUT2D eigenvalue weighted by Crippen LogP contribution is 2.03. The van der Waals surface area contributed by atoms with Gasteiger partial charge in [-0.2, -0.15) is 0 Å². The van der Waals surface area contributed by atoms with Crippen molar-refractivity contribution in [1.29, 1.82) is 0 Å². The molecule has 40 heavy (non-hydrogen) atoms. The number of Topliss-reactive ketones (excluding diaryl/α,β-unsaturated/α-hetero) is 2. The summed E-state index contributed by atoms with van der Waals surface area (Å²) in [4.78, 5) is 77.6. The van der Waals surface area contributed by atoms with Crippen molar-refractivity contribution in [3.05, 3.63) is 0 Å². The molecule has 9 N–H and O–H groups in total. The monoisotopic (exact) mass is 573 g/mol. The standard InChI is InChI=1S/C25H48N8O6.H3N/c1-7-8-20(24(26)25(39)29-6)30-23(38)17-33(14-19(3)35)12-10-31(15-21(36)27-4)9-11-32(13-18(2)34)16-22(37)28-5;/h20,24H,7-17,26H2,1-6H3,(H,27,36)(H,28,37)(H,29,39)(H,30,38);1H3. The van der Waals surface area contributed by atoms with E-state index < -0.39 is 12.1 Å². The number of nitrogens with two attached hydrogens (primary N) is 1. The molecule has 0 aromatic carbocycles. The number of ketones is 2. The molecule has 0 heterocycles. The van der Waals surface area contributed by atoms with Gasteiger partial charge in [0.05, 0.1) is 38.8 Å². The molecule has 0 aromatic rings. The summed E-state index contributed by atoms with van der Waals surface area (Å²) in [5, 5.41) is 10.4. The summed E-state index contributed by atoms with van der Waals surface area (Å²) in [6.45, 7) is 6.27. The van der Waals surface area contributed by atoms with Crippen molar-refractivity contribution in [2.24, 2.45) is 5.73 Å². The van der Waals surface area contributed by atoms with Crippen LogP contribution in [0.5, 0.6) is 0 Å². The summed E-state index contributed by atoms with van der Waals surface area (Å²) in [5.74, 6) is -1.43. The van der Waals surface area contributed by atoms with Gasteiger partial charge in [0.15, 0.2) is 0 Å². The van der Waals surface area contributed by atoms with E-state index in [4.69, 9.17) is 5.73 Å². The van der Waals surface area contributed by atoms with E-state index in [0.29, 0.717) is 39.0 Å². The van der Waals surface area contributed by atoms with Crippen molar-refractivity contribution in [2.75, 3.05) is 80.0 Å². The van der Waals surface area contributed by atoms with Crippen molar-refractivity contribution in [3.8, 4) is 0 Å². The molecule has 0 aliphatic heterocycles. The Bertz CT molecular complexity index is 827. The Morgan fingerprint density at radius 3 is 1.43 bits per heavy atom. The molecule has 0 saturated heterocycles. The molecule has 4 amide bonds. The first-order valence-electron chi connectivity index (χ1n) is 13.2. The van der Waals surface area contributed by atoms with Gasteiger partial charge in [0.1, 0.15) is 17.6 Å². The predicted molar refractivity (Wildman–Crippen MR) is 153 cm³/mol. The summed E-state index contributed by atoms with van der Waals surface area (Å²) in [6.07, 6.45) is 1.22. The average Bonchev–Trinajstić information content (AvgIpc) is 2.87. The number of likely N-dealkylation sites (N-methyl/N-ethyl adjacent to an activating group) is 3. The first kappa shape index (κ1) is 39.2. The van der Waals surface area contributed by atoms with Crippen LogP contribution in [0, 0.1) is 0 Å². The zero-order valence-electron chi connectivity index (χ0n) is 25.0. The highest BCUT2D eigenvalue weighted by atomic mass is 16.2. The largest absolute Gasteiger partial charge is 0.358 e. The van der Waals surface area contributed by atoms with Crippen molar-refractivity contribution in [1.82, 2.24) is 42.1 Å². The van der Waals surface area contributed by atoms with Crippen LogP contribution in [-0.2, 0) is 28.8 Å². The smallest absolute Gasteiger partial charge is 0.238 e. The number of rotatable bonds is 21. The van der Waals surface area contributed by atoms with E-state index in [0.717, 1.165) is 0 Å². The molecule has 0 aliphatic carbocycles. The van der Waals surface area contributed by atoms with Crippen molar-refractivity contribution in [3.63, 3.8) is 0 Å². The molecule has 0 aromatic heterocycles. The summed E-state index contributed by atoms with van der Waals surface area (Å²) >= 11 is 0. The maximum atomic E-state index is 12.8. The van der Waals surface area contributed by atoms with E-state index >= 15 is 0 Å². The third-order valence-corrected chi connectivity index (χ3v) is 5.95. The average molecular weight is 574 g/mol. The highest BCUT2D eigenvalue weighted by Gasteiger charge is 2.26. The topological polar surface area (TPSA) is 221 Å². The van der Waals surface area contributed by atoms with E-state index in [2.05, 4.69) is 21.3 Å². The van der Waals surface area contributed by atoms with Crippen LogP contribution in [0.2, 0.25) is 0 Å². The van der Waals surface area contributed by atoms with Crippen molar-refractivity contribution >= 4 is 35.2 Å². The molecular weight excluding hydrogens is 522 g/mol. The van der Waals surface area contributed by atoms with Gasteiger partial charge in [-0.3, -0.25) is 43.5 Å². The Morgan fingerprint density at radius 2 is 1.05 bits per heavy atom. The first-order chi connectivity index (χ1) is 18.4. The second-order valence-corrected chi connectivity index (χ2v) is 9.55. The fourth-order valence-corrected chi connectivity index (χ4v) is 3.92. The molecule has 2 atom stereocenters. The Morgan fingerprint density at radius 1 is 0.650 bits per heavy atom. The molecule has 2 unspecified atom stereocenters. The van der Waals surface area contributed by atoms with Gasteiger partial charge in [0.2, 0.25) is 23.6 Å². The van der Waals surface area contributed by atoms with Gasteiger partial charge < -0.3 is 33.2 Å². The van der Waals surface area contributed by atoms with E-state index in [1.165, 1.54) is 35.0 Å². The Kier molecular flexibility index (Phi) is 21.3. The lowest BCUT2D eigenvalue weighted by Crippen LogP contribution is -2.56. The Labute approximate surface area is 237 Å². The normalized spacial score (nSPS) is 12.3.